The van der Waals surface area contributed by atoms with E-state index < -0.39 is 0 Å². The van der Waals surface area contributed by atoms with Crippen LogP contribution < -0.4 is 0 Å². The summed E-state index contributed by atoms with van der Waals surface area (Å²) in [7, 11) is 0. The fraction of sp³-hybridized carbons (Fsp3) is 0.480. The molecule has 4 rings (SSSR count). The second-order valence-corrected chi connectivity index (χ2v) is 9.31. The topological polar surface area (TPSA) is 15.6 Å². The van der Waals surface area contributed by atoms with Crippen molar-refractivity contribution in [3.8, 4) is 0 Å². The van der Waals surface area contributed by atoms with Crippen LogP contribution in [0.2, 0.25) is 0 Å². The van der Waals surface area contributed by atoms with Crippen molar-refractivity contribution in [2.24, 2.45) is 4.99 Å². The van der Waals surface area contributed by atoms with Crippen LogP contribution in [0.5, 0.6) is 0 Å². The summed E-state index contributed by atoms with van der Waals surface area (Å²) >= 11 is 1.96. The average molecular weight is 393 g/mol. The molecule has 2 nitrogen and oxygen atoms in total. The normalized spacial score (nSPS) is 21.5. The van der Waals surface area contributed by atoms with Crippen LogP contribution in [0.1, 0.15) is 62.1 Å². The van der Waals surface area contributed by atoms with Gasteiger partial charge in [-0.3, -0.25) is 4.99 Å². The molecule has 0 aliphatic carbocycles. The lowest BCUT2D eigenvalue weighted by Gasteiger charge is -2.29. The van der Waals surface area contributed by atoms with Gasteiger partial charge in [-0.2, -0.15) is 0 Å². The van der Waals surface area contributed by atoms with E-state index in [0.29, 0.717) is 0 Å². The van der Waals surface area contributed by atoms with E-state index in [1.807, 2.05) is 11.8 Å². The molecular formula is C25H32N2S. The van der Waals surface area contributed by atoms with Crippen LogP contribution in [0.3, 0.4) is 0 Å². The molecule has 2 aromatic carbocycles. The minimum absolute atomic E-state index is 0.0884. The van der Waals surface area contributed by atoms with Crippen molar-refractivity contribution < 1.29 is 0 Å². The number of amidine groups is 1. The van der Waals surface area contributed by atoms with Crippen LogP contribution >= 0.6 is 11.8 Å². The Hall–Kier alpha value is -1.74. The monoisotopic (exact) mass is 392 g/mol. The smallest absolute Gasteiger partial charge is 0.132 e. The number of piperidine rings is 1. The number of fused-ring (bicyclic) bond motifs is 1. The Morgan fingerprint density at radius 2 is 1.75 bits per heavy atom. The first-order valence-corrected chi connectivity index (χ1v) is 11.8. The lowest BCUT2D eigenvalue weighted by Crippen LogP contribution is -2.35. The minimum Gasteiger partial charge on any atom is -0.356 e. The quantitative estimate of drug-likeness (QED) is 0.527. The summed E-state index contributed by atoms with van der Waals surface area (Å²) in [6.07, 6.45) is 7.52. The number of thioether (sulfide) groups is 1. The van der Waals surface area contributed by atoms with Crippen LogP contribution in [-0.2, 0) is 5.54 Å². The number of aliphatic imine (C=N–C) groups is 1. The molecule has 3 heteroatoms. The molecule has 0 amide bonds. The van der Waals surface area contributed by atoms with Crippen molar-refractivity contribution in [2.45, 2.75) is 62.8 Å². The maximum Gasteiger partial charge on any atom is 0.132 e. The summed E-state index contributed by atoms with van der Waals surface area (Å²) in [5, 5.41) is 0. The first-order chi connectivity index (χ1) is 13.7. The van der Waals surface area contributed by atoms with Crippen molar-refractivity contribution in [3.05, 3.63) is 65.2 Å². The van der Waals surface area contributed by atoms with Gasteiger partial charge in [0, 0.05) is 29.3 Å². The van der Waals surface area contributed by atoms with Gasteiger partial charge in [0.1, 0.15) is 5.84 Å². The van der Waals surface area contributed by atoms with E-state index in [1.165, 1.54) is 59.5 Å². The van der Waals surface area contributed by atoms with Crippen molar-refractivity contribution in [1.82, 2.24) is 4.90 Å². The third-order valence-corrected chi connectivity index (χ3v) is 7.31. The molecule has 2 aliphatic heterocycles. The van der Waals surface area contributed by atoms with E-state index in [-0.39, 0.29) is 5.54 Å². The van der Waals surface area contributed by atoms with Crippen LogP contribution in [0.25, 0.3) is 0 Å². The number of aryl methyl sites for hydroxylation is 1. The van der Waals surface area contributed by atoms with E-state index >= 15 is 0 Å². The Balaban J connectivity index is 1.67. The number of nitrogens with zero attached hydrogens (tertiary/aromatic N) is 2. The molecule has 0 radical (unpaired) electrons. The van der Waals surface area contributed by atoms with Crippen molar-refractivity contribution in [2.75, 3.05) is 18.8 Å². The zero-order valence-corrected chi connectivity index (χ0v) is 18.1. The first-order valence-electron chi connectivity index (χ1n) is 10.9. The summed E-state index contributed by atoms with van der Waals surface area (Å²) in [4.78, 5) is 9.40. The standard InChI is InChI=1S/C25H32N2S/c1-3-4-16-25(19-28-21-14-12-20(2)13-15-21)23-11-7-6-10-22(23)24(26-25)27-17-8-5-9-18-27/h6-7,10-15H,3-5,8-9,16-19H2,1-2H3. The second kappa shape index (κ2) is 8.73. The zero-order valence-electron chi connectivity index (χ0n) is 17.3. The van der Waals surface area contributed by atoms with Gasteiger partial charge in [0.2, 0.25) is 0 Å². The molecule has 28 heavy (non-hydrogen) atoms. The maximum atomic E-state index is 5.50. The molecule has 0 bridgehead atoms. The summed E-state index contributed by atoms with van der Waals surface area (Å²) < 4.78 is 0. The van der Waals surface area contributed by atoms with Crippen LogP contribution in [0.4, 0.5) is 0 Å². The number of rotatable bonds is 6. The van der Waals surface area contributed by atoms with Gasteiger partial charge in [0.05, 0.1) is 5.54 Å². The van der Waals surface area contributed by atoms with E-state index in [2.05, 4.69) is 67.3 Å². The minimum atomic E-state index is -0.0884. The Kier molecular flexibility index (Phi) is 6.10. The number of hydrogen-bond acceptors (Lipinski definition) is 3. The Morgan fingerprint density at radius 1 is 1.00 bits per heavy atom. The number of unbranched alkanes of at least 4 members (excludes halogenated alkanes) is 1. The first kappa shape index (κ1) is 19.6. The van der Waals surface area contributed by atoms with Crippen LogP contribution in [0, 0.1) is 6.92 Å². The molecule has 1 atom stereocenters. The van der Waals surface area contributed by atoms with Gasteiger partial charge in [0.25, 0.3) is 0 Å². The number of likely N-dealkylation sites (tertiary alicyclic amines) is 1. The van der Waals surface area contributed by atoms with Gasteiger partial charge >= 0.3 is 0 Å². The maximum absolute atomic E-state index is 5.50. The van der Waals surface area contributed by atoms with Gasteiger partial charge in [-0.15, -0.1) is 11.8 Å². The predicted molar refractivity (Wildman–Crippen MR) is 122 cm³/mol. The van der Waals surface area contributed by atoms with E-state index in [4.69, 9.17) is 4.99 Å². The highest BCUT2D eigenvalue weighted by molar-refractivity contribution is 7.99. The van der Waals surface area contributed by atoms with Gasteiger partial charge in [0.15, 0.2) is 0 Å². The number of benzene rings is 2. The molecule has 2 aliphatic rings. The summed E-state index contributed by atoms with van der Waals surface area (Å²) in [6.45, 7) is 6.75. The molecule has 1 unspecified atom stereocenters. The second-order valence-electron chi connectivity index (χ2n) is 8.27. The van der Waals surface area contributed by atoms with E-state index in [0.717, 1.165) is 25.3 Å². The Morgan fingerprint density at radius 3 is 2.50 bits per heavy atom. The highest BCUT2D eigenvalue weighted by atomic mass is 32.2. The lowest BCUT2D eigenvalue weighted by atomic mass is 9.86. The van der Waals surface area contributed by atoms with E-state index in [1.54, 1.807) is 0 Å². The van der Waals surface area contributed by atoms with Gasteiger partial charge in [-0.25, -0.2) is 0 Å². The third-order valence-electron chi connectivity index (χ3n) is 6.09. The lowest BCUT2D eigenvalue weighted by molar-refractivity contribution is 0.339. The molecule has 0 saturated carbocycles. The highest BCUT2D eigenvalue weighted by Gasteiger charge is 2.41. The molecule has 1 saturated heterocycles. The van der Waals surface area contributed by atoms with Gasteiger partial charge in [-0.1, -0.05) is 61.7 Å². The number of hydrogen-bond donors (Lipinski definition) is 0. The molecular weight excluding hydrogens is 360 g/mol. The Bertz CT molecular complexity index is 821. The van der Waals surface area contributed by atoms with Crippen molar-refractivity contribution >= 4 is 17.6 Å². The van der Waals surface area contributed by atoms with Crippen molar-refractivity contribution in [1.29, 1.82) is 0 Å². The predicted octanol–water partition coefficient (Wildman–Crippen LogP) is 6.42. The fourth-order valence-corrected chi connectivity index (χ4v) is 5.53. The summed E-state index contributed by atoms with van der Waals surface area (Å²) in [6, 6.07) is 18.0. The Labute approximate surface area is 174 Å². The van der Waals surface area contributed by atoms with Crippen LogP contribution in [-0.4, -0.2) is 29.6 Å². The van der Waals surface area contributed by atoms with Gasteiger partial charge in [-0.05, 0) is 50.3 Å². The third kappa shape index (κ3) is 4.00. The largest absolute Gasteiger partial charge is 0.356 e. The SMILES string of the molecule is CCCCC1(CSc2ccc(C)cc2)N=C(N2CCCCC2)c2ccccc21. The molecule has 2 aromatic rings. The van der Waals surface area contributed by atoms with Gasteiger partial charge < -0.3 is 4.90 Å². The molecule has 1 fully saturated rings. The van der Waals surface area contributed by atoms with E-state index in [9.17, 15) is 0 Å². The molecule has 148 valence electrons. The molecule has 0 spiro atoms. The molecule has 0 aromatic heterocycles. The van der Waals surface area contributed by atoms with Crippen molar-refractivity contribution in [3.63, 3.8) is 0 Å². The van der Waals surface area contributed by atoms with Crippen LogP contribution in [0.15, 0.2) is 58.4 Å². The molecule has 2 heterocycles. The highest BCUT2D eigenvalue weighted by Crippen LogP contribution is 2.44. The summed E-state index contributed by atoms with van der Waals surface area (Å²) in [5.74, 6) is 2.28. The molecule has 0 N–H and O–H groups in total. The fourth-order valence-electron chi connectivity index (χ4n) is 4.43. The summed E-state index contributed by atoms with van der Waals surface area (Å²) in [5.41, 5.74) is 4.06. The zero-order chi connectivity index (χ0) is 19.4. The average Bonchev–Trinajstić information content (AvgIpc) is 3.08.